The van der Waals surface area contributed by atoms with Gasteiger partial charge in [-0.1, -0.05) is 0 Å². The third-order valence-corrected chi connectivity index (χ3v) is 2.09. The van der Waals surface area contributed by atoms with E-state index in [9.17, 15) is 4.39 Å². The molecule has 1 heterocycles. The third kappa shape index (κ3) is 2.15. The zero-order valence-electron chi connectivity index (χ0n) is 6.44. The maximum atomic E-state index is 13.0. The number of hydrogen-bond donors (Lipinski definition) is 3. The van der Waals surface area contributed by atoms with Crippen molar-refractivity contribution in [3.8, 4) is 0 Å². The van der Waals surface area contributed by atoms with Gasteiger partial charge in [-0.3, -0.25) is 5.41 Å². The van der Waals surface area contributed by atoms with Crippen molar-refractivity contribution in [3.05, 3.63) is 0 Å². The first-order chi connectivity index (χ1) is 5.22. The molecule has 0 radical (unpaired) electrons. The van der Waals surface area contributed by atoms with Crippen molar-refractivity contribution in [2.75, 3.05) is 13.1 Å². The molecule has 1 unspecified atom stereocenters. The molecule has 0 aromatic heterocycles. The number of amidine groups is 1. The monoisotopic (exact) mass is 159 g/mol. The van der Waals surface area contributed by atoms with Crippen molar-refractivity contribution in [1.29, 1.82) is 5.41 Å². The quantitative estimate of drug-likeness (QED) is 0.400. The van der Waals surface area contributed by atoms with Gasteiger partial charge in [0.15, 0.2) is 6.17 Å². The van der Waals surface area contributed by atoms with Crippen molar-refractivity contribution >= 4 is 5.84 Å². The fourth-order valence-corrected chi connectivity index (χ4v) is 1.39. The van der Waals surface area contributed by atoms with Gasteiger partial charge in [-0.25, -0.2) is 4.39 Å². The maximum Gasteiger partial charge on any atom is 0.159 e. The Morgan fingerprint density at radius 2 is 2.09 bits per heavy atom. The summed E-state index contributed by atoms with van der Waals surface area (Å²) in [6.45, 7) is 1.69. The van der Waals surface area contributed by atoms with Gasteiger partial charge in [-0.15, -0.1) is 0 Å². The fourth-order valence-electron chi connectivity index (χ4n) is 1.39. The highest BCUT2D eigenvalue weighted by atomic mass is 19.1. The lowest BCUT2D eigenvalue weighted by Gasteiger charge is -2.24. The van der Waals surface area contributed by atoms with Crippen LogP contribution in [0.25, 0.3) is 0 Å². The van der Waals surface area contributed by atoms with Crippen LogP contribution < -0.4 is 11.1 Å². The lowest BCUT2D eigenvalue weighted by Crippen LogP contribution is -2.38. The van der Waals surface area contributed by atoms with Crippen LogP contribution in [0.5, 0.6) is 0 Å². The molecule has 0 amide bonds. The summed E-state index contributed by atoms with van der Waals surface area (Å²) in [5.74, 6) is -0.356. The molecule has 4 heteroatoms. The van der Waals surface area contributed by atoms with Gasteiger partial charge in [-0.05, 0) is 31.8 Å². The van der Waals surface area contributed by atoms with Crippen molar-refractivity contribution in [3.63, 3.8) is 0 Å². The van der Waals surface area contributed by atoms with Crippen molar-refractivity contribution in [2.45, 2.75) is 19.0 Å². The molecule has 1 atom stereocenters. The highest BCUT2D eigenvalue weighted by molar-refractivity contribution is 5.81. The van der Waals surface area contributed by atoms with Crippen LogP contribution >= 0.6 is 0 Å². The molecule has 1 aliphatic heterocycles. The summed E-state index contributed by atoms with van der Waals surface area (Å²) < 4.78 is 13.0. The van der Waals surface area contributed by atoms with Crippen molar-refractivity contribution < 1.29 is 4.39 Å². The second-order valence-electron chi connectivity index (χ2n) is 2.94. The predicted octanol–water partition coefficient (Wildman–Crippen LogP) is 0.260. The molecule has 0 spiro atoms. The van der Waals surface area contributed by atoms with Crippen LogP contribution in [0.4, 0.5) is 4.39 Å². The van der Waals surface area contributed by atoms with Gasteiger partial charge < -0.3 is 11.1 Å². The summed E-state index contributed by atoms with van der Waals surface area (Å²) in [7, 11) is 0. The molecule has 1 rings (SSSR count). The van der Waals surface area contributed by atoms with Crippen LogP contribution in [0.15, 0.2) is 0 Å². The molecule has 1 saturated heterocycles. The lowest BCUT2D eigenvalue weighted by atomic mass is 9.93. The molecule has 0 aliphatic carbocycles. The SMILES string of the molecule is N=C(N)C(F)C1CCNCC1. The van der Waals surface area contributed by atoms with E-state index in [0.29, 0.717) is 0 Å². The van der Waals surface area contributed by atoms with Crippen LogP contribution in [-0.2, 0) is 0 Å². The van der Waals surface area contributed by atoms with Gasteiger partial charge >= 0.3 is 0 Å². The molecular weight excluding hydrogens is 145 g/mol. The number of halogens is 1. The van der Waals surface area contributed by atoms with Gasteiger partial charge in [0, 0.05) is 0 Å². The molecule has 1 fully saturated rings. The summed E-state index contributed by atoms with van der Waals surface area (Å²) in [5, 5.41) is 10.0. The Morgan fingerprint density at radius 1 is 1.55 bits per heavy atom. The van der Waals surface area contributed by atoms with E-state index in [1.54, 1.807) is 0 Å². The Labute approximate surface area is 65.7 Å². The van der Waals surface area contributed by atoms with E-state index in [1.807, 2.05) is 0 Å². The van der Waals surface area contributed by atoms with Crippen LogP contribution in [0.3, 0.4) is 0 Å². The van der Waals surface area contributed by atoms with E-state index < -0.39 is 6.17 Å². The van der Waals surface area contributed by atoms with E-state index in [-0.39, 0.29) is 11.8 Å². The predicted molar refractivity (Wildman–Crippen MR) is 42.4 cm³/mol. The number of hydrogen-bond acceptors (Lipinski definition) is 2. The summed E-state index contributed by atoms with van der Waals surface area (Å²) in [4.78, 5) is 0. The highest BCUT2D eigenvalue weighted by Gasteiger charge is 2.24. The molecule has 1 aliphatic rings. The fraction of sp³-hybridized carbons (Fsp3) is 0.857. The van der Waals surface area contributed by atoms with Gasteiger partial charge in [0.1, 0.15) is 5.84 Å². The topological polar surface area (TPSA) is 61.9 Å². The molecule has 11 heavy (non-hydrogen) atoms. The minimum absolute atomic E-state index is 0.0336. The third-order valence-electron chi connectivity index (χ3n) is 2.09. The molecule has 0 saturated carbocycles. The summed E-state index contributed by atoms with van der Waals surface area (Å²) in [6, 6.07) is 0. The van der Waals surface area contributed by atoms with E-state index in [0.717, 1.165) is 25.9 Å². The molecule has 0 aromatic carbocycles. The Morgan fingerprint density at radius 3 is 2.55 bits per heavy atom. The van der Waals surface area contributed by atoms with Gasteiger partial charge in [-0.2, -0.15) is 0 Å². The second kappa shape index (κ2) is 3.67. The van der Waals surface area contributed by atoms with E-state index in [1.165, 1.54) is 0 Å². The average Bonchev–Trinajstić information content (AvgIpc) is 2.05. The van der Waals surface area contributed by atoms with E-state index >= 15 is 0 Å². The largest absolute Gasteiger partial charge is 0.385 e. The molecule has 3 nitrogen and oxygen atoms in total. The minimum Gasteiger partial charge on any atom is -0.385 e. The normalized spacial score (nSPS) is 23.0. The summed E-state index contributed by atoms with van der Waals surface area (Å²) in [6.07, 6.45) is 0.360. The van der Waals surface area contributed by atoms with Crippen LogP contribution in [-0.4, -0.2) is 25.1 Å². The Hall–Kier alpha value is -0.640. The average molecular weight is 159 g/mol. The number of alkyl halides is 1. The second-order valence-corrected chi connectivity index (χ2v) is 2.94. The molecule has 64 valence electrons. The smallest absolute Gasteiger partial charge is 0.159 e. The minimum atomic E-state index is -1.22. The molecular formula is C7H14FN3. The summed E-state index contributed by atoms with van der Waals surface area (Å²) >= 11 is 0. The van der Waals surface area contributed by atoms with Crippen molar-refractivity contribution in [1.82, 2.24) is 5.32 Å². The number of nitrogens with two attached hydrogens (primary N) is 1. The summed E-state index contributed by atoms with van der Waals surface area (Å²) in [5.41, 5.74) is 5.05. The van der Waals surface area contributed by atoms with Crippen molar-refractivity contribution in [2.24, 2.45) is 11.7 Å². The molecule has 0 aromatic rings. The molecule has 0 bridgehead atoms. The van der Waals surface area contributed by atoms with E-state index in [4.69, 9.17) is 11.1 Å². The zero-order chi connectivity index (χ0) is 8.27. The Kier molecular flexibility index (Phi) is 2.82. The number of rotatable bonds is 2. The van der Waals surface area contributed by atoms with E-state index in [2.05, 4.69) is 5.32 Å². The Balaban J connectivity index is 2.38. The highest BCUT2D eigenvalue weighted by Crippen LogP contribution is 2.18. The van der Waals surface area contributed by atoms with Crippen LogP contribution in [0, 0.1) is 11.3 Å². The van der Waals surface area contributed by atoms with Gasteiger partial charge in [0.2, 0.25) is 0 Å². The van der Waals surface area contributed by atoms with Gasteiger partial charge in [0.05, 0.1) is 0 Å². The number of piperidine rings is 1. The zero-order valence-corrected chi connectivity index (χ0v) is 6.44. The number of nitrogens with one attached hydrogen (secondary N) is 2. The first-order valence-electron chi connectivity index (χ1n) is 3.90. The molecule has 4 N–H and O–H groups in total. The first kappa shape index (κ1) is 8.46. The van der Waals surface area contributed by atoms with Crippen LogP contribution in [0.1, 0.15) is 12.8 Å². The Bertz CT molecular complexity index is 143. The first-order valence-corrected chi connectivity index (χ1v) is 3.90. The van der Waals surface area contributed by atoms with Crippen LogP contribution in [0.2, 0.25) is 0 Å². The van der Waals surface area contributed by atoms with Gasteiger partial charge in [0.25, 0.3) is 0 Å². The standard InChI is InChI=1S/C7H14FN3/c8-6(7(9)10)5-1-3-11-4-2-5/h5-6,11H,1-4H2,(H3,9,10). The maximum absolute atomic E-state index is 13.0. The lowest BCUT2D eigenvalue weighted by molar-refractivity contribution is 0.243.